The van der Waals surface area contributed by atoms with E-state index in [2.05, 4.69) is 53.6 Å². The third-order valence-electron chi connectivity index (χ3n) is 4.95. The molecule has 0 saturated carbocycles. The Hall–Kier alpha value is -1.84. The Morgan fingerprint density at radius 1 is 1.00 bits per heavy atom. The molecule has 2 aromatic rings. The van der Waals surface area contributed by atoms with Gasteiger partial charge in [-0.05, 0) is 66.4 Å². The van der Waals surface area contributed by atoms with Crippen molar-refractivity contribution in [1.29, 1.82) is 0 Å². The van der Waals surface area contributed by atoms with Crippen LogP contribution in [-0.2, 0) is 6.54 Å². The molecule has 1 aliphatic heterocycles. The molecule has 3 nitrogen and oxygen atoms in total. The summed E-state index contributed by atoms with van der Waals surface area (Å²) in [7, 11) is 0. The summed E-state index contributed by atoms with van der Waals surface area (Å²) in [6.07, 6.45) is 10.1. The average Bonchev–Trinajstić information content (AvgIpc) is 2.62. The van der Waals surface area contributed by atoms with E-state index in [9.17, 15) is 0 Å². The number of nitrogens with two attached hydrogens (primary N) is 2. The molecule has 0 spiro atoms. The standard InChI is InChI=1S/C21H29N3/c22-13-4-3-7-19(23)8-5-14-24-15-12-18-11-10-17-6-1-2-9-20(17)21(18)16-24/h1-2,6,9-12,15,19H,3-5,7-8,13-14,16,22-23H2. The Kier molecular flexibility index (Phi) is 5.89. The van der Waals surface area contributed by atoms with Crippen LogP contribution in [0.5, 0.6) is 0 Å². The zero-order chi connectivity index (χ0) is 16.8. The number of unbranched alkanes of at least 4 members (excludes halogenated alkanes) is 1. The lowest BCUT2D eigenvalue weighted by atomic mass is 9.96. The van der Waals surface area contributed by atoms with Crippen molar-refractivity contribution in [1.82, 2.24) is 4.90 Å². The highest BCUT2D eigenvalue weighted by Crippen LogP contribution is 2.28. The molecule has 0 bridgehead atoms. The molecule has 0 saturated heterocycles. The maximum absolute atomic E-state index is 6.20. The minimum Gasteiger partial charge on any atom is -0.373 e. The number of hydrogen-bond donors (Lipinski definition) is 2. The lowest BCUT2D eigenvalue weighted by Crippen LogP contribution is -2.25. The van der Waals surface area contributed by atoms with Gasteiger partial charge in [0.1, 0.15) is 0 Å². The van der Waals surface area contributed by atoms with Crippen LogP contribution in [0.1, 0.15) is 43.2 Å². The van der Waals surface area contributed by atoms with Crippen molar-refractivity contribution in [3.63, 3.8) is 0 Å². The van der Waals surface area contributed by atoms with Crippen LogP contribution in [0.25, 0.3) is 16.8 Å². The summed E-state index contributed by atoms with van der Waals surface area (Å²) in [6, 6.07) is 13.4. The third-order valence-corrected chi connectivity index (χ3v) is 4.95. The van der Waals surface area contributed by atoms with E-state index in [1.54, 1.807) is 0 Å². The predicted molar refractivity (Wildman–Crippen MR) is 104 cm³/mol. The van der Waals surface area contributed by atoms with Crippen molar-refractivity contribution in [2.45, 2.75) is 44.7 Å². The Balaban J connectivity index is 1.55. The average molecular weight is 323 g/mol. The van der Waals surface area contributed by atoms with Gasteiger partial charge in [0.2, 0.25) is 0 Å². The quantitative estimate of drug-likeness (QED) is 0.725. The minimum atomic E-state index is 0.318. The van der Waals surface area contributed by atoms with Gasteiger partial charge in [-0.1, -0.05) is 42.8 Å². The second-order valence-electron chi connectivity index (χ2n) is 6.83. The monoisotopic (exact) mass is 323 g/mol. The van der Waals surface area contributed by atoms with E-state index in [4.69, 9.17) is 11.5 Å². The second kappa shape index (κ2) is 8.32. The third kappa shape index (κ3) is 4.16. The molecule has 1 heterocycles. The maximum atomic E-state index is 6.20. The van der Waals surface area contributed by atoms with Gasteiger partial charge in [-0.25, -0.2) is 0 Å². The summed E-state index contributed by atoms with van der Waals surface area (Å²) in [6.45, 7) is 2.85. The highest BCUT2D eigenvalue weighted by Gasteiger charge is 2.13. The van der Waals surface area contributed by atoms with Crippen LogP contribution in [0, 0.1) is 0 Å². The van der Waals surface area contributed by atoms with Crippen LogP contribution in [0.4, 0.5) is 0 Å². The van der Waals surface area contributed by atoms with Crippen LogP contribution in [0.15, 0.2) is 42.6 Å². The van der Waals surface area contributed by atoms with Gasteiger partial charge in [0, 0.05) is 19.1 Å². The molecule has 0 aromatic heterocycles. The summed E-state index contributed by atoms with van der Waals surface area (Å²) in [4.78, 5) is 2.42. The molecule has 0 amide bonds. The van der Waals surface area contributed by atoms with Gasteiger partial charge in [0.05, 0.1) is 0 Å². The number of hydrogen-bond acceptors (Lipinski definition) is 3. The van der Waals surface area contributed by atoms with Gasteiger partial charge >= 0.3 is 0 Å². The lowest BCUT2D eigenvalue weighted by molar-refractivity contribution is 0.348. The Labute approximate surface area is 145 Å². The Morgan fingerprint density at radius 3 is 2.71 bits per heavy atom. The Morgan fingerprint density at radius 2 is 1.83 bits per heavy atom. The smallest absolute Gasteiger partial charge is 0.0436 e. The van der Waals surface area contributed by atoms with Gasteiger partial charge in [-0.2, -0.15) is 0 Å². The molecule has 128 valence electrons. The normalized spacial score (nSPS) is 14.8. The topological polar surface area (TPSA) is 55.3 Å². The highest BCUT2D eigenvalue weighted by atomic mass is 15.1. The maximum Gasteiger partial charge on any atom is 0.0436 e. The summed E-state index contributed by atoms with van der Waals surface area (Å²) < 4.78 is 0. The van der Waals surface area contributed by atoms with Crippen LogP contribution < -0.4 is 11.5 Å². The summed E-state index contributed by atoms with van der Waals surface area (Å²) in [5.41, 5.74) is 14.5. The number of rotatable bonds is 8. The number of fused-ring (bicyclic) bond motifs is 3. The SMILES string of the molecule is NCCCCC(N)CCCN1C=Cc2ccc3ccccc3c2C1. The molecule has 24 heavy (non-hydrogen) atoms. The van der Waals surface area contributed by atoms with Gasteiger partial charge in [0.25, 0.3) is 0 Å². The summed E-state index contributed by atoms with van der Waals surface area (Å²) in [5.74, 6) is 0. The summed E-state index contributed by atoms with van der Waals surface area (Å²) >= 11 is 0. The van der Waals surface area contributed by atoms with E-state index in [0.717, 1.165) is 51.7 Å². The molecule has 3 heteroatoms. The summed E-state index contributed by atoms with van der Waals surface area (Å²) in [5, 5.41) is 2.70. The zero-order valence-electron chi connectivity index (χ0n) is 14.5. The molecular weight excluding hydrogens is 294 g/mol. The van der Waals surface area contributed by atoms with Gasteiger partial charge in [-0.3, -0.25) is 0 Å². The van der Waals surface area contributed by atoms with E-state index < -0.39 is 0 Å². The van der Waals surface area contributed by atoms with Crippen LogP contribution in [0.2, 0.25) is 0 Å². The molecule has 0 radical (unpaired) electrons. The largest absolute Gasteiger partial charge is 0.373 e. The first-order chi connectivity index (χ1) is 11.8. The van der Waals surface area contributed by atoms with Crippen LogP contribution in [-0.4, -0.2) is 24.0 Å². The Bertz CT molecular complexity index is 693. The van der Waals surface area contributed by atoms with Crippen molar-refractivity contribution in [2.75, 3.05) is 13.1 Å². The van der Waals surface area contributed by atoms with Crippen LogP contribution >= 0.6 is 0 Å². The lowest BCUT2D eigenvalue weighted by Gasteiger charge is -2.27. The second-order valence-corrected chi connectivity index (χ2v) is 6.83. The van der Waals surface area contributed by atoms with E-state index in [0.29, 0.717) is 6.04 Å². The van der Waals surface area contributed by atoms with Crippen molar-refractivity contribution in [3.05, 3.63) is 53.7 Å². The fourth-order valence-corrected chi connectivity index (χ4v) is 3.53. The van der Waals surface area contributed by atoms with Gasteiger partial charge < -0.3 is 16.4 Å². The molecule has 0 fully saturated rings. The minimum absolute atomic E-state index is 0.318. The van der Waals surface area contributed by atoms with Crippen molar-refractivity contribution < 1.29 is 0 Å². The number of benzene rings is 2. The van der Waals surface area contributed by atoms with Gasteiger partial charge in [-0.15, -0.1) is 0 Å². The molecule has 3 rings (SSSR count). The molecule has 1 aliphatic rings. The first-order valence-corrected chi connectivity index (χ1v) is 9.16. The zero-order valence-corrected chi connectivity index (χ0v) is 14.5. The van der Waals surface area contributed by atoms with E-state index in [1.807, 2.05) is 0 Å². The molecule has 1 unspecified atom stereocenters. The number of nitrogens with zero attached hydrogens (tertiary/aromatic N) is 1. The predicted octanol–water partition coefficient (Wildman–Crippen LogP) is 3.86. The molecule has 0 aliphatic carbocycles. The first-order valence-electron chi connectivity index (χ1n) is 9.16. The van der Waals surface area contributed by atoms with E-state index in [1.165, 1.54) is 21.9 Å². The molecule has 1 atom stereocenters. The molecule has 2 aromatic carbocycles. The van der Waals surface area contributed by atoms with E-state index >= 15 is 0 Å². The fraction of sp³-hybridized carbons (Fsp3) is 0.429. The van der Waals surface area contributed by atoms with Crippen molar-refractivity contribution >= 4 is 16.8 Å². The van der Waals surface area contributed by atoms with Crippen molar-refractivity contribution in [3.8, 4) is 0 Å². The fourth-order valence-electron chi connectivity index (χ4n) is 3.53. The highest BCUT2D eigenvalue weighted by molar-refractivity contribution is 5.89. The van der Waals surface area contributed by atoms with Crippen LogP contribution in [0.3, 0.4) is 0 Å². The van der Waals surface area contributed by atoms with E-state index in [-0.39, 0.29) is 0 Å². The molecular formula is C21H29N3. The van der Waals surface area contributed by atoms with Gasteiger partial charge in [0.15, 0.2) is 0 Å². The first kappa shape index (κ1) is 17.0. The van der Waals surface area contributed by atoms with Crippen molar-refractivity contribution in [2.24, 2.45) is 11.5 Å². The molecule has 4 N–H and O–H groups in total.